The van der Waals surface area contributed by atoms with Gasteiger partial charge in [-0.15, -0.1) is 5.10 Å². The second kappa shape index (κ2) is 9.76. The standard InChI is InChI=1S/C16H22N6O3S/c1-4-9-17-15(24)11(2)18-14(23)10-26-16-19-20-21-22(16)12-7-5-6-8-13(12)25-3/h5-8,11H,4,9-10H2,1-3H3,(H,17,24)(H,18,23). The van der Waals surface area contributed by atoms with E-state index in [1.807, 2.05) is 25.1 Å². The lowest BCUT2D eigenvalue weighted by atomic mass is 10.3. The van der Waals surface area contributed by atoms with Crippen LogP contribution in [0.5, 0.6) is 5.75 Å². The first kappa shape index (κ1) is 19.7. The number of nitrogens with zero attached hydrogens (tertiary/aromatic N) is 4. The Labute approximate surface area is 155 Å². The number of methoxy groups -OCH3 is 1. The minimum Gasteiger partial charge on any atom is -0.494 e. The number of ether oxygens (including phenoxy) is 1. The van der Waals surface area contributed by atoms with Gasteiger partial charge in [-0.1, -0.05) is 30.8 Å². The lowest BCUT2D eigenvalue weighted by Gasteiger charge is -2.13. The van der Waals surface area contributed by atoms with E-state index in [0.717, 1.165) is 6.42 Å². The summed E-state index contributed by atoms with van der Waals surface area (Å²) >= 11 is 1.17. The second-order valence-corrected chi connectivity index (χ2v) is 6.36. The Bertz CT molecular complexity index is 751. The molecule has 1 aromatic carbocycles. The first-order valence-electron chi connectivity index (χ1n) is 8.18. The molecular weight excluding hydrogens is 356 g/mol. The van der Waals surface area contributed by atoms with Crippen LogP contribution in [0.25, 0.3) is 5.69 Å². The fraction of sp³-hybridized carbons (Fsp3) is 0.438. The van der Waals surface area contributed by atoms with E-state index in [-0.39, 0.29) is 17.6 Å². The van der Waals surface area contributed by atoms with Crippen LogP contribution in [0.2, 0.25) is 0 Å². The van der Waals surface area contributed by atoms with Gasteiger partial charge in [0.15, 0.2) is 0 Å². The Hall–Kier alpha value is -2.62. The largest absolute Gasteiger partial charge is 0.494 e. The zero-order valence-corrected chi connectivity index (χ0v) is 15.7. The Kier molecular flexibility index (Phi) is 7.39. The number of carbonyl (C=O) groups is 2. The van der Waals surface area contributed by atoms with Gasteiger partial charge in [-0.2, -0.15) is 4.68 Å². The smallest absolute Gasteiger partial charge is 0.242 e. The minimum atomic E-state index is -0.597. The molecule has 1 atom stereocenters. The molecule has 2 amide bonds. The number of benzene rings is 1. The summed E-state index contributed by atoms with van der Waals surface area (Å²) in [7, 11) is 1.56. The van der Waals surface area contributed by atoms with E-state index in [9.17, 15) is 9.59 Å². The number of nitrogens with one attached hydrogen (secondary N) is 2. The molecule has 0 fully saturated rings. The number of hydrogen-bond acceptors (Lipinski definition) is 7. The molecule has 0 aliphatic rings. The molecule has 2 rings (SSSR count). The first-order chi connectivity index (χ1) is 12.6. The number of aromatic nitrogens is 4. The second-order valence-electron chi connectivity index (χ2n) is 5.41. The molecule has 0 radical (unpaired) electrons. The van der Waals surface area contributed by atoms with Crippen molar-refractivity contribution in [2.24, 2.45) is 0 Å². The average molecular weight is 378 g/mol. The van der Waals surface area contributed by atoms with Gasteiger partial charge in [0, 0.05) is 6.54 Å². The molecule has 2 N–H and O–H groups in total. The average Bonchev–Trinajstić information content (AvgIpc) is 3.12. The van der Waals surface area contributed by atoms with E-state index in [2.05, 4.69) is 26.2 Å². The number of carbonyl (C=O) groups excluding carboxylic acids is 2. The van der Waals surface area contributed by atoms with Crippen molar-refractivity contribution in [1.29, 1.82) is 0 Å². The van der Waals surface area contributed by atoms with Gasteiger partial charge in [0.1, 0.15) is 17.5 Å². The summed E-state index contributed by atoms with van der Waals surface area (Å²) in [4.78, 5) is 23.9. The molecule has 0 aliphatic heterocycles. The van der Waals surface area contributed by atoms with E-state index >= 15 is 0 Å². The summed E-state index contributed by atoms with van der Waals surface area (Å²) in [6.45, 7) is 4.19. The highest BCUT2D eigenvalue weighted by molar-refractivity contribution is 7.99. The maximum absolute atomic E-state index is 12.1. The van der Waals surface area contributed by atoms with Crippen LogP contribution in [0.1, 0.15) is 20.3 Å². The van der Waals surface area contributed by atoms with Crippen molar-refractivity contribution in [3.8, 4) is 11.4 Å². The molecule has 0 aliphatic carbocycles. The summed E-state index contributed by atoms with van der Waals surface area (Å²) in [5.74, 6) is 0.223. The lowest BCUT2D eigenvalue weighted by molar-refractivity contribution is -0.127. The van der Waals surface area contributed by atoms with Crippen LogP contribution in [0.4, 0.5) is 0 Å². The Morgan fingerprint density at radius 1 is 1.35 bits per heavy atom. The predicted octanol–water partition coefficient (Wildman–Crippen LogP) is 0.794. The third-order valence-corrected chi connectivity index (χ3v) is 4.33. The zero-order chi connectivity index (χ0) is 18.9. The van der Waals surface area contributed by atoms with Gasteiger partial charge < -0.3 is 15.4 Å². The number of hydrogen-bond donors (Lipinski definition) is 2. The van der Waals surface area contributed by atoms with Gasteiger partial charge in [0.25, 0.3) is 0 Å². The van der Waals surface area contributed by atoms with Crippen LogP contribution in [-0.4, -0.2) is 57.5 Å². The molecule has 0 saturated heterocycles. The van der Waals surface area contributed by atoms with E-state index in [4.69, 9.17) is 4.74 Å². The van der Waals surface area contributed by atoms with Crippen LogP contribution in [-0.2, 0) is 9.59 Å². The molecule has 0 bridgehead atoms. The molecule has 0 spiro atoms. The van der Waals surface area contributed by atoms with Crippen LogP contribution >= 0.6 is 11.8 Å². The fourth-order valence-electron chi connectivity index (χ4n) is 2.10. The summed E-state index contributed by atoms with van der Waals surface area (Å²) in [6.07, 6.45) is 0.841. The predicted molar refractivity (Wildman–Crippen MR) is 97.3 cm³/mol. The molecule has 9 nitrogen and oxygen atoms in total. The normalized spacial score (nSPS) is 11.7. The van der Waals surface area contributed by atoms with Crippen molar-refractivity contribution in [3.05, 3.63) is 24.3 Å². The minimum absolute atomic E-state index is 0.0842. The van der Waals surface area contributed by atoms with Crippen molar-refractivity contribution in [2.75, 3.05) is 19.4 Å². The SMILES string of the molecule is CCCNC(=O)C(C)NC(=O)CSc1nnnn1-c1ccccc1OC. The van der Waals surface area contributed by atoms with Gasteiger partial charge in [0.2, 0.25) is 17.0 Å². The first-order valence-corrected chi connectivity index (χ1v) is 9.17. The van der Waals surface area contributed by atoms with Crippen LogP contribution in [0.3, 0.4) is 0 Å². The molecule has 26 heavy (non-hydrogen) atoms. The van der Waals surface area contributed by atoms with Gasteiger partial charge in [0.05, 0.1) is 12.9 Å². The number of rotatable bonds is 9. The molecule has 1 heterocycles. The Morgan fingerprint density at radius 3 is 2.85 bits per heavy atom. The fourth-order valence-corrected chi connectivity index (χ4v) is 2.80. The summed E-state index contributed by atoms with van der Waals surface area (Å²) in [5, 5.41) is 17.4. The Morgan fingerprint density at radius 2 is 2.12 bits per heavy atom. The van der Waals surface area contributed by atoms with Crippen molar-refractivity contribution in [1.82, 2.24) is 30.8 Å². The van der Waals surface area contributed by atoms with Crippen molar-refractivity contribution >= 4 is 23.6 Å². The molecule has 140 valence electrons. The van der Waals surface area contributed by atoms with Gasteiger partial charge in [-0.05, 0) is 35.9 Å². The van der Waals surface area contributed by atoms with Gasteiger partial charge in [-0.3, -0.25) is 9.59 Å². The summed E-state index contributed by atoms with van der Waals surface area (Å²) in [6, 6.07) is 6.71. The van der Waals surface area contributed by atoms with E-state index in [1.165, 1.54) is 16.4 Å². The maximum atomic E-state index is 12.1. The number of thioether (sulfide) groups is 1. The van der Waals surface area contributed by atoms with E-state index < -0.39 is 6.04 Å². The van der Waals surface area contributed by atoms with Gasteiger partial charge >= 0.3 is 0 Å². The zero-order valence-electron chi connectivity index (χ0n) is 14.9. The molecular formula is C16H22N6O3S. The lowest BCUT2D eigenvalue weighted by Crippen LogP contribution is -2.45. The Balaban J connectivity index is 1.95. The highest BCUT2D eigenvalue weighted by atomic mass is 32.2. The maximum Gasteiger partial charge on any atom is 0.242 e. The van der Waals surface area contributed by atoms with Crippen LogP contribution in [0.15, 0.2) is 29.4 Å². The van der Waals surface area contributed by atoms with Crippen LogP contribution < -0.4 is 15.4 Å². The monoisotopic (exact) mass is 378 g/mol. The van der Waals surface area contributed by atoms with E-state index in [1.54, 1.807) is 20.1 Å². The third kappa shape index (κ3) is 5.19. The number of para-hydroxylation sites is 2. The molecule has 0 saturated carbocycles. The van der Waals surface area contributed by atoms with E-state index in [0.29, 0.717) is 23.1 Å². The van der Waals surface area contributed by atoms with Crippen molar-refractivity contribution in [2.45, 2.75) is 31.5 Å². The molecule has 10 heteroatoms. The quantitative estimate of drug-likeness (QED) is 0.621. The van der Waals surface area contributed by atoms with Crippen molar-refractivity contribution in [3.63, 3.8) is 0 Å². The molecule has 1 unspecified atom stereocenters. The highest BCUT2D eigenvalue weighted by Gasteiger charge is 2.17. The number of amides is 2. The van der Waals surface area contributed by atoms with Crippen LogP contribution in [0, 0.1) is 0 Å². The van der Waals surface area contributed by atoms with Gasteiger partial charge in [-0.25, -0.2) is 0 Å². The molecule has 1 aromatic heterocycles. The molecule has 2 aromatic rings. The van der Waals surface area contributed by atoms with Crippen molar-refractivity contribution < 1.29 is 14.3 Å². The number of tetrazole rings is 1. The summed E-state index contributed by atoms with van der Waals surface area (Å²) in [5.41, 5.74) is 0.676. The topological polar surface area (TPSA) is 111 Å². The summed E-state index contributed by atoms with van der Waals surface area (Å²) < 4.78 is 6.82. The third-order valence-electron chi connectivity index (χ3n) is 3.41. The highest BCUT2D eigenvalue weighted by Crippen LogP contribution is 2.25.